The molecule has 2 nitrogen and oxygen atoms in total. The first kappa shape index (κ1) is 14.0. The van der Waals surface area contributed by atoms with Gasteiger partial charge in [0.1, 0.15) is 0 Å². The third kappa shape index (κ3) is 5.43. The molecule has 0 aliphatic rings. The largest absolute Gasteiger partial charge is 0.393 e. The number of hydrogen-bond acceptors (Lipinski definition) is 2. The Hall–Kier alpha value is -1.02. The van der Waals surface area contributed by atoms with Crippen molar-refractivity contribution < 1.29 is 5.11 Å². The molecule has 0 radical (unpaired) electrons. The molecule has 2 heteroatoms. The summed E-state index contributed by atoms with van der Waals surface area (Å²) in [6.07, 6.45) is 5.26. The highest BCUT2D eigenvalue weighted by Crippen LogP contribution is 2.13. The van der Waals surface area contributed by atoms with Gasteiger partial charge in [-0.3, -0.25) is 0 Å². The molecular weight excluding hydrogens is 186 g/mol. The predicted octanol–water partition coefficient (Wildman–Crippen LogP) is 3.07. The number of allylic oxidation sites excluding steroid dienone is 2. The molecule has 0 bridgehead atoms. The zero-order valence-electron chi connectivity index (χ0n) is 10.2. The van der Waals surface area contributed by atoms with Crippen LogP contribution in [0.1, 0.15) is 33.6 Å². The van der Waals surface area contributed by atoms with Crippen molar-refractivity contribution in [2.75, 3.05) is 6.54 Å². The van der Waals surface area contributed by atoms with Crippen molar-refractivity contribution in [1.29, 1.82) is 0 Å². The highest BCUT2D eigenvalue weighted by atomic mass is 16.3. The van der Waals surface area contributed by atoms with E-state index in [9.17, 15) is 5.11 Å². The molecule has 0 aliphatic carbocycles. The van der Waals surface area contributed by atoms with Gasteiger partial charge >= 0.3 is 0 Å². The molecule has 0 fully saturated rings. The van der Waals surface area contributed by atoms with Gasteiger partial charge in [-0.1, -0.05) is 26.2 Å². The third-order valence-electron chi connectivity index (χ3n) is 2.34. The standard InChI is InChI=1S/C13H23NO/c1-6-9-14(12(5)11(3)4)10-8-13(15)7-2/h6,9,13,15H,3,5,7-8,10H2,1-2,4H3/b9-6-. The molecule has 15 heavy (non-hydrogen) atoms. The van der Waals surface area contributed by atoms with Gasteiger partial charge in [0.05, 0.1) is 6.10 Å². The minimum atomic E-state index is -0.226. The minimum Gasteiger partial charge on any atom is -0.393 e. The minimum absolute atomic E-state index is 0.226. The smallest absolute Gasteiger partial charge is 0.0554 e. The maximum Gasteiger partial charge on any atom is 0.0554 e. The van der Waals surface area contributed by atoms with Crippen LogP contribution in [-0.4, -0.2) is 22.7 Å². The predicted molar refractivity (Wildman–Crippen MR) is 66.4 cm³/mol. The lowest BCUT2D eigenvalue weighted by Crippen LogP contribution is -2.21. The average Bonchev–Trinajstić information content (AvgIpc) is 2.22. The van der Waals surface area contributed by atoms with E-state index in [0.29, 0.717) is 0 Å². The van der Waals surface area contributed by atoms with Gasteiger partial charge in [0.25, 0.3) is 0 Å². The summed E-state index contributed by atoms with van der Waals surface area (Å²) in [5.41, 5.74) is 1.87. The van der Waals surface area contributed by atoms with Gasteiger partial charge < -0.3 is 10.0 Å². The third-order valence-corrected chi connectivity index (χ3v) is 2.34. The molecule has 1 unspecified atom stereocenters. The van der Waals surface area contributed by atoms with Crippen molar-refractivity contribution >= 4 is 0 Å². The molecule has 0 aromatic carbocycles. The lowest BCUT2D eigenvalue weighted by Gasteiger charge is -2.24. The van der Waals surface area contributed by atoms with Crippen molar-refractivity contribution in [3.05, 3.63) is 36.7 Å². The highest BCUT2D eigenvalue weighted by Gasteiger charge is 2.07. The lowest BCUT2D eigenvalue weighted by atomic mass is 10.1. The van der Waals surface area contributed by atoms with Crippen LogP contribution in [0.5, 0.6) is 0 Å². The summed E-state index contributed by atoms with van der Waals surface area (Å²) in [7, 11) is 0. The Morgan fingerprint density at radius 3 is 2.47 bits per heavy atom. The summed E-state index contributed by atoms with van der Waals surface area (Å²) in [4.78, 5) is 2.03. The molecule has 1 atom stereocenters. The second-order valence-corrected chi connectivity index (χ2v) is 3.75. The normalized spacial score (nSPS) is 12.8. The fourth-order valence-electron chi connectivity index (χ4n) is 1.22. The molecule has 86 valence electrons. The molecule has 0 saturated carbocycles. The van der Waals surface area contributed by atoms with Gasteiger partial charge in [-0.2, -0.15) is 0 Å². The summed E-state index contributed by atoms with van der Waals surface area (Å²) in [6, 6.07) is 0. The molecule has 1 N–H and O–H groups in total. The molecule has 0 spiro atoms. The summed E-state index contributed by atoms with van der Waals surface area (Å²) in [5.74, 6) is 0. The van der Waals surface area contributed by atoms with Gasteiger partial charge in [0, 0.05) is 12.2 Å². The molecule has 0 aromatic heterocycles. The Morgan fingerprint density at radius 2 is 2.07 bits per heavy atom. The van der Waals surface area contributed by atoms with E-state index < -0.39 is 0 Å². The van der Waals surface area contributed by atoms with Crippen LogP contribution in [0.25, 0.3) is 0 Å². The monoisotopic (exact) mass is 209 g/mol. The van der Waals surface area contributed by atoms with E-state index in [1.54, 1.807) is 0 Å². The van der Waals surface area contributed by atoms with Crippen LogP contribution >= 0.6 is 0 Å². The van der Waals surface area contributed by atoms with E-state index in [-0.39, 0.29) is 6.10 Å². The zero-order chi connectivity index (χ0) is 11.8. The number of rotatable bonds is 7. The lowest BCUT2D eigenvalue weighted by molar-refractivity contribution is 0.152. The molecule has 0 saturated heterocycles. The van der Waals surface area contributed by atoms with Crippen molar-refractivity contribution in [3.63, 3.8) is 0 Å². The van der Waals surface area contributed by atoms with E-state index in [1.807, 2.05) is 37.9 Å². The summed E-state index contributed by atoms with van der Waals surface area (Å²) in [5, 5.41) is 9.49. The maximum absolute atomic E-state index is 9.49. The first-order chi connectivity index (χ1) is 7.02. The number of nitrogens with zero attached hydrogens (tertiary/aromatic N) is 1. The van der Waals surface area contributed by atoms with Crippen LogP contribution in [0, 0.1) is 0 Å². The van der Waals surface area contributed by atoms with Crippen molar-refractivity contribution in [3.8, 4) is 0 Å². The van der Waals surface area contributed by atoms with Crippen LogP contribution in [0.15, 0.2) is 36.7 Å². The van der Waals surface area contributed by atoms with E-state index in [0.717, 1.165) is 30.7 Å². The van der Waals surface area contributed by atoms with Crippen molar-refractivity contribution in [2.45, 2.75) is 39.7 Å². The summed E-state index contributed by atoms with van der Waals surface area (Å²) >= 11 is 0. The van der Waals surface area contributed by atoms with Crippen LogP contribution in [0.2, 0.25) is 0 Å². The van der Waals surface area contributed by atoms with Gasteiger partial charge in [-0.05, 0) is 38.5 Å². The Balaban J connectivity index is 4.28. The van der Waals surface area contributed by atoms with Crippen LogP contribution < -0.4 is 0 Å². The average molecular weight is 209 g/mol. The molecular formula is C13H23NO. The fraction of sp³-hybridized carbons (Fsp3) is 0.538. The SMILES string of the molecule is C=C(C)C(=C)N(/C=C\C)CCC(O)CC. The van der Waals surface area contributed by atoms with Crippen molar-refractivity contribution in [1.82, 2.24) is 4.90 Å². The van der Waals surface area contributed by atoms with E-state index >= 15 is 0 Å². The van der Waals surface area contributed by atoms with E-state index in [4.69, 9.17) is 0 Å². The van der Waals surface area contributed by atoms with Crippen LogP contribution in [0.4, 0.5) is 0 Å². The van der Waals surface area contributed by atoms with E-state index in [2.05, 4.69) is 13.2 Å². The van der Waals surface area contributed by atoms with Gasteiger partial charge in [-0.25, -0.2) is 0 Å². The Bertz CT molecular complexity index is 243. The Labute approximate surface area is 93.6 Å². The van der Waals surface area contributed by atoms with Crippen LogP contribution in [0.3, 0.4) is 0 Å². The number of aliphatic hydroxyl groups is 1. The van der Waals surface area contributed by atoms with Gasteiger partial charge in [0.2, 0.25) is 0 Å². The van der Waals surface area contributed by atoms with Crippen molar-refractivity contribution in [2.24, 2.45) is 0 Å². The van der Waals surface area contributed by atoms with Gasteiger partial charge in [-0.15, -0.1) is 0 Å². The molecule has 0 amide bonds. The number of hydrogen-bond donors (Lipinski definition) is 1. The molecule has 0 aromatic rings. The highest BCUT2D eigenvalue weighted by molar-refractivity contribution is 5.23. The van der Waals surface area contributed by atoms with Crippen LogP contribution in [-0.2, 0) is 0 Å². The summed E-state index contributed by atoms with van der Waals surface area (Å²) in [6.45, 7) is 14.5. The Kier molecular flexibility index (Phi) is 6.80. The maximum atomic E-state index is 9.49. The van der Waals surface area contributed by atoms with Gasteiger partial charge in [0.15, 0.2) is 0 Å². The quantitative estimate of drug-likeness (QED) is 0.651. The molecule has 0 heterocycles. The van der Waals surface area contributed by atoms with E-state index in [1.165, 1.54) is 0 Å². The first-order valence-corrected chi connectivity index (χ1v) is 5.45. The fourth-order valence-corrected chi connectivity index (χ4v) is 1.22. The molecule has 0 rings (SSSR count). The summed E-state index contributed by atoms with van der Waals surface area (Å²) < 4.78 is 0. The second kappa shape index (κ2) is 7.30. The topological polar surface area (TPSA) is 23.5 Å². The number of aliphatic hydroxyl groups excluding tert-OH is 1. The first-order valence-electron chi connectivity index (χ1n) is 5.45. The Morgan fingerprint density at radius 1 is 1.47 bits per heavy atom. The second-order valence-electron chi connectivity index (χ2n) is 3.75. The zero-order valence-corrected chi connectivity index (χ0v) is 10.2. The molecule has 0 aliphatic heterocycles.